The smallest absolute Gasteiger partial charge is 0.322 e. The number of sulfonamides is 1. The number of nitrogens with one attached hydrogen (secondary N) is 3. The molecule has 8 nitrogen and oxygen atoms in total. The van der Waals surface area contributed by atoms with E-state index >= 15 is 0 Å². The third kappa shape index (κ3) is 6.17. The summed E-state index contributed by atoms with van der Waals surface area (Å²) in [5.41, 5.74) is -0.435. The van der Waals surface area contributed by atoms with Gasteiger partial charge in [0.1, 0.15) is 4.90 Å². The van der Waals surface area contributed by atoms with Crippen molar-refractivity contribution in [3.63, 3.8) is 0 Å². The number of benzene rings is 1. The zero-order chi connectivity index (χ0) is 20.2. The van der Waals surface area contributed by atoms with Gasteiger partial charge in [-0.25, -0.2) is 13.2 Å². The molecule has 0 radical (unpaired) electrons. The van der Waals surface area contributed by atoms with Crippen molar-refractivity contribution in [1.29, 1.82) is 0 Å². The maximum atomic E-state index is 12.7. The number of piperazine rings is 1. The maximum Gasteiger partial charge on any atom is 0.322 e. The summed E-state index contributed by atoms with van der Waals surface area (Å²) in [7, 11) is -3.66. The van der Waals surface area contributed by atoms with Crippen LogP contribution in [0, 0.1) is 0 Å². The first-order valence-corrected chi connectivity index (χ1v) is 10.5. The van der Waals surface area contributed by atoms with Crippen molar-refractivity contribution in [2.24, 2.45) is 0 Å². The van der Waals surface area contributed by atoms with Gasteiger partial charge < -0.3 is 10.2 Å². The summed E-state index contributed by atoms with van der Waals surface area (Å²) >= 11 is 6.02. The summed E-state index contributed by atoms with van der Waals surface area (Å²) in [6.45, 7) is 7.07. The number of urea groups is 1. The molecule has 27 heavy (non-hydrogen) atoms. The van der Waals surface area contributed by atoms with E-state index in [0.29, 0.717) is 13.1 Å². The quantitative estimate of drug-likeness (QED) is 0.634. The van der Waals surface area contributed by atoms with Crippen molar-refractivity contribution in [2.75, 3.05) is 32.7 Å². The van der Waals surface area contributed by atoms with Crippen LogP contribution < -0.4 is 15.5 Å². The van der Waals surface area contributed by atoms with Crippen LogP contribution in [-0.4, -0.2) is 62.9 Å². The van der Waals surface area contributed by atoms with Gasteiger partial charge in [0, 0.05) is 5.54 Å². The van der Waals surface area contributed by atoms with Gasteiger partial charge in [0.15, 0.2) is 6.54 Å². The van der Waals surface area contributed by atoms with Crippen LogP contribution in [0.2, 0.25) is 5.02 Å². The zero-order valence-electron chi connectivity index (χ0n) is 15.7. The molecular weight excluding hydrogens is 392 g/mol. The number of hydrogen-bond donors (Lipinski definition) is 3. The van der Waals surface area contributed by atoms with Crippen LogP contribution >= 0.6 is 11.6 Å². The molecule has 0 aromatic heterocycles. The molecule has 0 aliphatic carbocycles. The van der Waals surface area contributed by atoms with E-state index in [1.165, 1.54) is 10.4 Å². The lowest BCUT2D eigenvalue weighted by atomic mass is 10.1. The Bertz CT molecular complexity index is 799. The van der Waals surface area contributed by atoms with Crippen molar-refractivity contribution in [2.45, 2.75) is 31.2 Å². The highest BCUT2D eigenvalue weighted by Crippen LogP contribution is 2.23. The molecule has 1 aromatic carbocycles. The first-order valence-electron chi connectivity index (χ1n) is 8.69. The van der Waals surface area contributed by atoms with Crippen molar-refractivity contribution < 1.29 is 22.9 Å². The molecule has 0 atom stereocenters. The highest BCUT2D eigenvalue weighted by atomic mass is 35.5. The van der Waals surface area contributed by atoms with Gasteiger partial charge in [0.2, 0.25) is 10.0 Å². The van der Waals surface area contributed by atoms with Gasteiger partial charge >= 0.3 is 6.03 Å². The Kier molecular flexibility index (Phi) is 6.85. The topological polar surface area (TPSA) is 100 Å². The van der Waals surface area contributed by atoms with Crippen LogP contribution in [0.3, 0.4) is 0 Å². The first-order chi connectivity index (χ1) is 12.5. The third-order valence-electron chi connectivity index (χ3n) is 4.04. The minimum Gasteiger partial charge on any atom is -0.333 e. The lowest BCUT2D eigenvalue weighted by Gasteiger charge is -2.31. The Morgan fingerprint density at radius 1 is 1.19 bits per heavy atom. The standard InChI is InChI=1S/C17H25ClN4O4S/c1-17(2,3)20-16(24)19-15(23)12-21-8-10-22(11-9-21)27(25,26)14-7-5-4-6-13(14)18/h4-7H,8-12H2,1-3H3,(H2,19,20,23,24)/p+1. The van der Waals surface area contributed by atoms with Gasteiger partial charge in [0.05, 0.1) is 31.2 Å². The number of carbonyl (C=O) groups is 2. The molecule has 0 spiro atoms. The van der Waals surface area contributed by atoms with Gasteiger partial charge in [-0.15, -0.1) is 0 Å². The van der Waals surface area contributed by atoms with Gasteiger partial charge in [-0.2, -0.15) is 4.31 Å². The first kappa shape index (κ1) is 21.6. The molecule has 1 fully saturated rings. The minimum absolute atomic E-state index is 0.0895. The number of imide groups is 1. The number of carbonyl (C=O) groups excluding carboxylic acids is 2. The fraction of sp³-hybridized carbons (Fsp3) is 0.529. The zero-order valence-corrected chi connectivity index (χ0v) is 17.3. The van der Waals surface area contributed by atoms with E-state index in [1.807, 2.05) is 20.8 Å². The average molecular weight is 418 g/mol. The molecule has 3 amide bonds. The predicted molar refractivity (Wildman–Crippen MR) is 102 cm³/mol. The number of rotatable bonds is 4. The lowest BCUT2D eigenvalue weighted by molar-refractivity contribution is -0.895. The number of quaternary nitrogens is 1. The molecule has 1 heterocycles. The fourth-order valence-corrected chi connectivity index (χ4v) is 4.72. The average Bonchev–Trinajstić information content (AvgIpc) is 2.53. The van der Waals surface area contributed by atoms with Crippen molar-refractivity contribution in [1.82, 2.24) is 14.9 Å². The van der Waals surface area contributed by atoms with Crippen LogP contribution in [0.15, 0.2) is 29.2 Å². The van der Waals surface area contributed by atoms with Gasteiger partial charge in [-0.05, 0) is 32.9 Å². The Morgan fingerprint density at radius 3 is 2.33 bits per heavy atom. The molecule has 0 saturated carbocycles. The molecular formula is C17H26ClN4O4S+. The van der Waals surface area contributed by atoms with E-state index in [4.69, 9.17) is 11.6 Å². The number of hydrogen-bond acceptors (Lipinski definition) is 4. The lowest BCUT2D eigenvalue weighted by Crippen LogP contribution is -3.15. The second-order valence-electron chi connectivity index (χ2n) is 7.51. The van der Waals surface area contributed by atoms with Crippen molar-refractivity contribution in [3.05, 3.63) is 29.3 Å². The summed E-state index contributed by atoms with van der Waals surface area (Å²) in [5, 5.41) is 5.15. The SMILES string of the molecule is CC(C)(C)NC(=O)NC(=O)C[NH+]1CCN(S(=O)(=O)c2ccccc2Cl)CC1. The van der Waals surface area contributed by atoms with E-state index in [2.05, 4.69) is 10.6 Å². The highest BCUT2D eigenvalue weighted by Gasteiger charge is 2.32. The number of nitrogens with zero attached hydrogens (tertiary/aromatic N) is 1. The third-order valence-corrected chi connectivity index (χ3v) is 6.43. The van der Waals surface area contributed by atoms with Crippen LogP contribution in [0.5, 0.6) is 0 Å². The van der Waals surface area contributed by atoms with Crippen LogP contribution in [0.25, 0.3) is 0 Å². The largest absolute Gasteiger partial charge is 0.333 e. The Balaban J connectivity index is 1.87. The minimum atomic E-state index is -3.66. The molecule has 2 rings (SSSR count). The summed E-state index contributed by atoms with van der Waals surface area (Å²) < 4.78 is 26.8. The summed E-state index contributed by atoms with van der Waals surface area (Å²) in [4.78, 5) is 24.7. The second-order valence-corrected chi connectivity index (χ2v) is 9.83. The molecule has 1 aromatic rings. The van der Waals surface area contributed by atoms with E-state index in [9.17, 15) is 18.0 Å². The van der Waals surface area contributed by atoms with Gasteiger partial charge in [-0.3, -0.25) is 10.1 Å². The van der Waals surface area contributed by atoms with Gasteiger partial charge in [-0.1, -0.05) is 23.7 Å². The highest BCUT2D eigenvalue weighted by molar-refractivity contribution is 7.89. The molecule has 1 saturated heterocycles. The van der Waals surface area contributed by atoms with Crippen LogP contribution in [0.1, 0.15) is 20.8 Å². The van der Waals surface area contributed by atoms with Crippen LogP contribution in [-0.2, 0) is 14.8 Å². The molecule has 0 unspecified atom stereocenters. The van der Waals surface area contributed by atoms with Crippen molar-refractivity contribution in [3.8, 4) is 0 Å². The summed E-state index contributed by atoms with van der Waals surface area (Å²) in [6, 6.07) is 5.80. The molecule has 1 aliphatic heterocycles. The Labute approximate surface area is 164 Å². The van der Waals surface area contributed by atoms with Gasteiger partial charge in [0.25, 0.3) is 5.91 Å². The maximum absolute atomic E-state index is 12.7. The van der Waals surface area contributed by atoms with Crippen molar-refractivity contribution >= 4 is 33.6 Å². The van der Waals surface area contributed by atoms with E-state index in [0.717, 1.165) is 4.90 Å². The second kappa shape index (κ2) is 8.55. The number of halogens is 1. The summed E-state index contributed by atoms with van der Waals surface area (Å²) in [6.07, 6.45) is 0. The summed E-state index contributed by atoms with van der Waals surface area (Å²) in [5.74, 6) is -0.394. The Hall–Kier alpha value is -1.68. The fourth-order valence-electron chi connectivity index (χ4n) is 2.78. The normalized spacial score (nSPS) is 16.7. The molecule has 10 heteroatoms. The van der Waals surface area contributed by atoms with E-state index in [-0.39, 0.29) is 29.6 Å². The monoisotopic (exact) mass is 417 g/mol. The van der Waals surface area contributed by atoms with Crippen LogP contribution in [0.4, 0.5) is 4.79 Å². The Morgan fingerprint density at radius 2 is 1.78 bits per heavy atom. The van der Waals surface area contributed by atoms with E-state index < -0.39 is 27.5 Å². The molecule has 150 valence electrons. The molecule has 3 N–H and O–H groups in total. The predicted octanol–water partition coefficient (Wildman–Crippen LogP) is -0.146. The number of amides is 3. The molecule has 0 bridgehead atoms. The molecule has 1 aliphatic rings. The van der Waals surface area contributed by atoms with E-state index in [1.54, 1.807) is 18.2 Å².